The van der Waals surface area contributed by atoms with Gasteiger partial charge in [0.2, 0.25) is 0 Å². The smallest absolute Gasteiger partial charge is 0.196 e. The number of methoxy groups -OCH3 is 1. The molecule has 0 unspecified atom stereocenters. The highest BCUT2D eigenvalue weighted by molar-refractivity contribution is 7.98. The van der Waals surface area contributed by atoms with Gasteiger partial charge in [-0.15, -0.1) is 10.2 Å². The van der Waals surface area contributed by atoms with Crippen LogP contribution in [0.1, 0.15) is 11.1 Å². The number of nitrogens with zero attached hydrogens (tertiary/aromatic N) is 5. The first-order valence-corrected chi connectivity index (χ1v) is 8.95. The lowest BCUT2D eigenvalue weighted by atomic mass is 10.2. The predicted octanol–water partition coefficient (Wildman–Crippen LogP) is 3.69. The number of nitriles is 1. The number of hydrogen-bond acceptors (Lipinski definition) is 5. The fourth-order valence-corrected chi connectivity index (χ4v) is 3.77. The van der Waals surface area contributed by atoms with Gasteiger partial charge in [-0.2, -0.15) is 5.26 Å². The fourth-order valence-electron chi connectivity index (χ4n) is 2.88. The fraction of sp³-hybridized carbons (Fsp3) is 0.105. The van der Waals surface area contributed by atoms with E-state index in [0.717, 1.165) is 27.7 Å². The van der Waals surface area contributed by atoms with Gasteiger partial charge in [0.25, 0.3) is 0 Å². The van der Waals surface area contributed by atoms with Gasteiger partial charge in [0.15, 0.2) is 5.16 Å². The van der Waals surface area contributed by atoms with Crippen LogP contribution in [0.2, 0.25) is 0 Å². The monoisotopic (exact) mass is 361 g/mol. The van der Waals surface area contributed by atoms with Gasteiger partial charge in [0.1, 0.15) is 18.1 Å². The standard InChI is InChI=1S/C19H15N5OS/c1-25-18-8-3-2-7-17(18)24-13-21-22-19(24)26-12-14-11-23-9-5-4-6-16(23)15(14)10-20/h2-9,11,13H,12H2,1H3. The molecule has 0 radical (unpaired) electrons. The van der Waals surface area contributed by atoms with Crippen molar-refractivity contribution in [3.8, 4) is 17.5 Å². The summed E-state index contributed by atoms with van der Waals surface area (Å²) in [6.45, 7) is 0. The van der Waals surface area contributed by atoms with Crippen LogP contribution in [0.5, 0.6) is 5.75 Å². The molecule has 0 atom stereocenters. The molecular weight excluding hydrogens is 346 g/mol. The van der Waals surface area contributed by atoms with Crippen LogP contribution in [0, 0.1) is 11.3 Å². The van der Waals surface area contributed by atoms with Gasteiger partial charge in [-0.1, -0.05) is 30.0 Å². The average Bonchev–Trinajstić information content (AvgIpc) is 3.29. The predicted molar refractivity (Wildman–Crippen MR) is 99.6 cm³/mol. The first-order chi connectivity index (χ1) is 12.8. The summed E-state index contributed by atoms with van der Waals surface area (Å²) < 4.78 is 9.30. The quantitative estimate of drug-likeness (QED) is 0.507. The number of fused-ring (bicyclic) bond motifs is 1. The van der Waals surface area contributed by atoms with Crippen molar-refractivity contribution in [1.29, 1.82) is 5.26 Å². The van der Waals surface area contributed by atoms with Crippen LogP contribution >= 0.6 is 11.8 Å². The summed E-state index contributed by atoms with van der Waals surface area (Å²) in [5.41, 5.74) is 3.46. The third-order valence-corrected chi connectivity index (χ3v) is 5.08. The number of benzene rings is 1. The topological polar surface area (TPSA) is 68.1 Å². The van der Waals surface area contributed by atoms with Crippen molar-refractivity contribution in [2.75, 3.05) is 7.11 Å². The minimum absolute atomic E-state index is 0.623. The van der Waals surface area contributed by atoms with Crippen LogP contribution in [0.25, 0.3) is 11.2 Å². The SMILES string of the molecule is COc1ccccc1-n1cnnc1SCc1cn2ccccc2c1C#N. The Kier molecular flexibility index (Phi) is 4.33. The van der Waals surface area contributed by atoms with E-state index in [0.29, 0.717) is 11.3 Å². The molecule has 0 saturated carbocycles. The highest BCUT2D eigenvalue weighted by atomic mass is 32.2. The number of pyridine rings is 1. The third kappa shape index (κ3) is 2.80. The molecule has 0 amide bonds. The lowest BCUT2D eigenvalue weighted by Crippen LogP contribution is -1.98. The van der Waals surface area contributed by atoms with E-state index < -0.39 is 0 Å². The second kappa shape index (κ2) is 6.94. The van der Waals surface area contributed by atoms with Crippen molar-refractivity contribution in [2.24, 2.45) is 0 Å². The van der Waals surface area contributed by atoms with E-state index in [1.54, 1.807) is 13.4 Å². The molecule has 3 aromatic heterocycles. The first kappa shape index (κ1) is 16.2. The van der Waals surface area contributed by atoms with Crippen LogP contribution in [0.4, 0.5) is 0 Å². The molecule has 0 aliphatic rings. The molecule has 7 heteroatoms. The largest absolute Gasteiger partial charge is 0.495 e. The minimum atomic E-state index is 0.623. The van der Waals surface area contributed by atoms with E-state index in [4.69, 9.17) is 4.74 Å². The summed E-state index contributed by atoms with van der Waals surface area (Å²) in [6, 6.07) is 15.9. The van der Waals surface area contributed by atoms with E-state index in [9.17, 15) is 5.26 Å². The highest BCUT2D eigenvalue weighted by Gasteiger charge is 2.14. The van der Waals surface area contributed by atoms with Crippen molar-refractivity contribution < 1.29 is 4.74 Å². The molecule has 0 fully saturated rings. The molecule has 0 aliphatic carbocycles. The van der Waals surface area contributed by atoms with E-state index in [1.807, 2.05) is 63.8 Å². The summed E-state index contributed by atoms with van der Waals surface area (Å²) in [5, 5.41) is 18.5. The third-order valence-electron chi connectivity index (χ3n) is 4.09. The summed E-state index contributed by atoms with van der Waals surface area (Å²) in [4.78, 5) is 0. The molecule has 0 bridgehead atoms. The molecule has 6 nitrogen and oxygen atoms in total. The van der Waals surface area contributed by atoms with Crippen LogP contribution < -0.4 is 4.74 Å². The Balaban J connectivity index is 1.65. The Hall–Kier alpha value is -3.24. The Bertz CT molecular complexity index is 1110. The van der Waals surface area contributed by atoms with Gasteiger partial charge < -0.3 is 9.14 Å². The highest BCUT2D eigenvalue weighted by Crippen LogP contribution is 2.30. The van der Waals surface area contributed by atoms with E-state index in [1.165, 1.54) is 11.8 Å². The van der Waals surface area contributed by atoms with Crippen molar-refractivity contribution in [3.05, 3.63) is 72.3 Å². The molecule has 0 spiro atoms. The molecule has 0 aliphatic heterocycles. The number of hydrogen-bond donors (Lipinski definition) is 0. The molecule has 0 saturated heterocycles. The summed E-state index contributed by atoms with van der Waals surface area (Å²) in [6.07, 6.45) is 5.61. The lowest BCUT2D eigenvalue weighted by molar-refractivity contribution is 0.412. The van der Waals surface area contributed by atoms with Crippen molar-refractivity contribution in [2.45, 2.75) is 10.9 Å². The minimum Gasteiger partial charge on any atom is -0.495 e. The second-order valence-electron chi connectivity index (χ2n) is 5.58. The van der Waals surface area contributed by atoms with Gasteiger partial charge in [-0.3, -0.25) is 4.57 Å². The normalized spacial score (nSPS) is 10.8. The van der Waals surface area contributed by atoms with Crippen LogP contribution in [-0.4, -0.2) is 26.3 Å². The Morgan fingerprint density at radius 1 is 1.19 bits per heavy atom. The van der Waals surface area contributed by atoms with E-state index in [2.05, 4.69) is 16.3 Å². The maximum atomic E-state index is 9.54. The van der Waals surface area contributed by atoms with Crippen molar-refractivity contribution in [1.82, 2.24) is 19.2 Å². The first-order valence-electron chi connectivity index (χ1n) is 7.96. The summed E-state index contributed by atoms with van der Waals surface area (Å²) in [7, 11) is 1.64. The number of para-hydroxylation sites is 2. The number of rotatable bonds is 5. The molecule has 26 heavy (non-hydrogen) atoms. The van der Waals surface area contributed by atoms with Crippen molar-refractivity contribution >= 4 is 17.3 Å². The average molecular weight is 361 g/mol. The molecule has 4 aromatic rings. The van der Waals surface area contributed by atoms with E-state index >= 15 is 0 Å². The van der Waals surface area contributed by atoms with Crippen molar-refractivity contribution in [3.63, 3.8) is 0 Å². The van der Waals surface area contributed by atoms with Crippen LogP contribution in [-0.2, 0) is 5.75 Å². The zero-order valence-corrected chi connectivity index (χ0v) is 14.8. The summed E-state index contributed by atoms with van der Waals surface area (Å²) in [5.74, 6) is 1.37. The number of thioether (sulfide) groups is 1. The zero-order valence-electron chi connectivity index (χ0n) is 14.0. The molecule has 3 heterocycles. The maximum absolute atomic E-state index is 9.54. The summed E-state index contributed by atoms with van der Waals surface area (Å²) >= 11 is 1.53. The number of ether oxygens (including phenoxy) is 1. The van der Waals surface area contributed by atoms with Gasteiger partial charge in [0, 0.05) is 18.1 Å². The lowest BCUT2D eigenvalue weighted by Gasteiger charge is -2.10. The Morgan fingerprint density at radius 3 is 2.88 bits per heavy atom. The Morgan fingerprint density at radius 2 is 2.04 bits per heavy atom. The van der Waals surface area contributed by atoms with Gasteiger partial charge in [-0.25, -0.2) is 0 Å². The van der Waals surface area contributed by atoms with Crippen LogP contribution in [0.3, 0.4) is 0 Å². The number of aromatic nitrogens is 4. The van der Waals surface area contributed by atoms with E-state index in [-0.39, 0.29) is 0 Å². The van der Waals surface area contributed by atoms with Gasteiger partial charge in [0.05, 0.1) is 23.9 Å². The molecule has 1 aromatic carbocycles. The van der Waals surface area contributed by atoms with Gasteiger partial charge >= 0.3 is 0 Å². The molecular formula is C19H15N5OS. The molecule has 128 valence electrons. The van der Waals surface area contributed by atoms with Gasteiger partial charge in [-0.05, 0) is 29.8 Å². The molecule has 4 rings (SSSR count). The second-order valence-corrected chi connectivity index (χ2v) is 6.52. The molecule has 0 N–H and O–H groups in total. The maximum Gasteiger partial charge on any atom is 0.196 e. The Labute approximate surface area is 154 Å². The zero-order chi connectivity index (χ0) is 17.9. The van der Waals surface area contributed by atoms with Crippen LogP contribution in [0.15, 0.2) is 66.3 Å².